The smallest absolute Gasteiger partial charge is 0.254 e. The van der Waals surface area contributed by atoms with Crippen molar-refractivity contribution in [3.05, 3.63) is 48.0 Å². The van der Waals surface area contributed by atoms with Gasteiger partial charge in [-0.3, -0.25) is 4.79 Å². The highest BCUT2D eigenvalue weighted by Crippen LogP contribution is 2.65. The SMILES string of the molecule is CO[C@@H](C(=O)N[C@H]1C[C@H]2CC[C@]1(C)C2(C)C)c1cccc2ccccc12. The lowest BCUT2D eigenvalue weighted by Crippen LogP contribution is -2.48. The Hall–Kier alpha value is -1.87. The molecule has 2 bridgehead atoms. The monoisotopic (exact) mass is 351 g/mol. The molecule has 138 valence electrons. The molecule has 1 N–H and O–H groups in total. The van der Waals surface area contributed by atoms with Crippen molar-refractivity contribution in [3.63, 3.8) is 0 Å². The lowest BCUT2D eigenvalue weighted by Gasteiger charge is -2.39. The Morgan fingerprint density at radius 1 is 1.15 bits per heavy atom. The Bertz CT molecular complexity index is 838. The van der Waals surface area contributed by atoms with Gasteiger partial charge in [-0.1, -0.05) is 63.2 Å². The van der Waals surface area contributed by atoms with Crippen molar-refractivity contribution < 1.29 is 9.53 Å². The van der Waals surface area contributed by atoms with E-state index in [4.69, 9.17) is 4.74 Å². The second kappa shape index (κ2) is 6.09. The number of carbonyl (C=O) groups excluding carboxylic acids is 1. The predicted molar refractivity (Wildman–Crippen MR) is 105 cm³/mol. The molecule has 1 amide bonds. The van der Waals surface area contributed by atoms with Crippen LogP contribution in [0.15, 0.2) is 42.5 Å². The van der Waals surface area contributed by atoms with Gasteiger partial charge in [0.25, 0.3) is 5.91 Å². The van der Waals surface area contributed by atoms with Crippen LogP contribution in [0, 0.1) is 16.7 Å². The second-order valence-electron chi connectivity index (χ2n) is 8.86. The standard InChI is InChI=1S/C23H29NO2/c1-22(2)16-12-13-23(22,3)19(14-16)24-21(25)20(26-4)18-11-7-9-15-8-5-6-10-17(15)18/h5-11,16,19-20H,12-14H2,1-4H3,(H,24,25)/t16-,19+,20-,23+/m1/s1. The fourth-order valence-electron chi connectivity index (χ4n) is 5.52. The summed E-state index contributed by atoms with van der Waals surface area (Å²) >= 11 is 0. The molecule has 2 aromatic carbocycles. The Morgan fingerprint density at radius 3 is 2.54 bits per heavy atom. The Balaban J connectivity index is 1.61. The van der Waals surface area contributed by atoms with Crippen LogP contribution < -0.4 is 5.32 Å². The third-order valence-corrected chi connectivity index (χ3v) is 7.69. The Kier molecular flexibility index (Phi) is 4.11. The lowest BCUT2D eigenvalue weighted by molar-refractivity contribution is -0.133. The first-order valence-electron chi connectivity index (χ1n) is 9.69. The third kappa shape index (κ3) is 2.40. The zero-order valence-corrected chi connectivity index (χ0v) is 16.2. The van der Waals surface area contributed by atoms with Crippen LogP contribution in [0.1, 0.15) is 51.7 Å². The topological polar surface area (TPSA) is 38.3 Å². The predicted octanol–water partition coefficient (Wildman–Crippen LogP) is 4.86. The van der Waals surface area contributed by atoms with Crippen LogP contribution in [-0.4, -0.2) is 19.1 Å². The maximum absolute atomic E-state index is 13.2. The summed E-state index contributed by atoms with van der Waals surface area (Å²) < 4.78 is 5.67. The van der Waals surface area contributed by atoms with E-state index in [-0.39, 0.29) is 22.8 Å². The zero-order valence-electron chi connectivity index (χ0n) is 16.2. The largest absolute Gasteiger partial charge is 0.367 e. The number of rotatable bonds is 4. The minimum Gasteiger partial charge on any atom is -0.367 e. The van der Waals surface area contributed by atoms with Gasteiger partial charge in [-0.05, 0) is 52.3 Å². The number of hydrogen-bond donors (Lipinski definition) is 1. The molecule has 2 aromatic rings. The van der Waals surface area contributed by atoms with Crippen LogP contribution in [0.4, 0.5) is 0 Å². The van der Waals surface area contributed by atoms with Gasteiger partial charge in [0.2, 0.25) is 0 Å². The van der Waals surface area contributed by atoms with Gasteiger partial charge in [0.1, 0.15) is 0 Å². The Morgan fingerprint density at radius 2 is 1.88 bits per heavy atom. The summed E-state index contributed by atoms with van der Waals surface area (Å²) in [5.74, 6) is 0.690. The van der Waals surface area contributed by atoms with Crippen LogP contribution >= 0.6 is 0 Å². The van der Waals surface area contributed by atoms with Crippen LogP contribution in [0.25, 0.3) is 10.8 Å². The molecule has 0 aliphatic heterocycles. The van der Waals surface area contributed by atoms with E-state index < -0.39 is 6.10 Å². The first-order valence-corrected chi connectivity index (χ1v) is 9.69. The van der Waals surface area contributed by atoms with Gasteiger partial charge >= 0.3 is 0 Å². The summed E-state index contributed by atoms with van der Waals surface area (Å²) in [5.41, 5.74) is 1.40. The molecule has 2 aliphatic rings. The minimum absolute atomic E-state index is 0.0153. The lowest BCUT2D eigenvalue weighted by atomic mass is 9.69. The number of nitrogens with one attached hydrogen (secondary N) is 1. The van der Waals surface area contributed by atoms with Crippen molar-refractivity contribution in [2.24, 2.45) is 16.7 Å². The maximum Gasteiger partial charge on any atom is 0.254 e. The number of methoxy groups -OCH3 is 1. The normalized spacial score (nSPS) is 30.5. The third-order valence-electron chi connectivity index (χ3n) is 7.69. The Labute approximate surface area is 156 Å². The second-order valence-corrected chi connectivity index (χ2v) is 8.86. The summed E-state index contributed by atoms with van der Waals surface area (Å²) in [4.78, 5) is 13.2. The number of benzene rings is 2. The molecule has 4 rings (SSSR count). The van der Waals surface area contributed by atoms with E-state index in [2.05, 4.69) is 44.3 Å². The van der Waals surface area contributed by atoms with Crippen LogP contribution in [-0.2, 0) is 9.53 Å². The summed E-state index contributed by atoms with van der Waals surface area (Å²) in [6.07, 6.45) is 2.99. The highest BCUT2D eigenvalue weighted by molar-refractivity contribution is 5.92. The van der Waals surface area contributed by atoms with Gasteiger partial charge in [-0.2, -0.15) is 0 Å². The molecule has 0 saturated heterocycles. The van der Waals surface area contributed by atoms with Gasteiger partial charge in [0, 0.05) is 13.2 Å². The van der Waals surface area contributed by atoms with E-state index in [1.807, 2.05) is 24.3 Å². The summed E-state index contributed by atoms with van der Waals surface area (Å²) in [7, 11) is 1.62. The molecule has 4 atom stereocenters. The van der Waals surface area contributed by atoms with Crippen molar-refractivity contribution in [3.8, 4) is 0 Å². The first-order chi connectivity index (χ1) is 12.4. The maximum atomic E-state index is 13.2. The molecule has 0 aromatic heterocycles. The molecular weight excluding hydrogens is 322 g/mol. The van der Waals surface area contributed by atoms with Gasteiger partial charge in [-0.15, -0.1) is 0 Å². The number of fused-ring (bicyclic) bond motifs is 3. The number of amides is 1. The van der Waals surface area contributed by atoms with Crippen LogP contribution in [0.3, 0.4) is 0 Å². The fourth-order valence-corrected chi connectivity index (χ4v) is 5.52. The van der Waals surface area contributed by atoms with E-state index in [1.54, 1.807) is 7.11 Å². The van der Waals surface area contributed by atoms with E-state index in [9.17, 15) is 4.79 Å². The van der Waals surface area contributed by atoms with E-state index >= 15 is 0 Å². The molecule has 0 heterocycles. The van der Waals surface area contributed by atoms with Crippen molar-refractivity contribution in [2.75, 3.05) is 7.11 Å². The molecule has 3 nitrogen and oxygen atoms in total. The molecule has 0 unspecified atom stereocenters. The zero-order chi connectivity index (χ0) is 18.5. The summed E-state index contributed by atoms with van der Waals surface area (Å²) in [6, 6.07) is 14.5. The molecule has 3 heteroatoms. The fraction of sp³-hybridized carbons (Fsp3) is 0.522. The molecule has 2 saturated carbocycles. The van der Waals surface area contributed by atoms with Gasteiger partial charge in [0.15, 0.2) is 6.10 Å². The van der Waals surface area contributed by atoms with E-state index in [0.717, 1.165) is 22.8 Å². The highest BCUT2D eigenvalue weighted by atomic mass is 16.5. The molecule has 2 fully saturated rings. The molecule has 2 aliphatic carbocycles. The molecular formula is C23H29NO2. The van der Waals surface area contributed by atoms with Crippen LogP contribution in [0.5, 0.6) is 0 Å². The minimum atomic E-state index is -0.577. The number of carbonyl (C=O) groups is 1. The number of ether oxygens (including phenoxy) is 1. The van der Waals surface area contributed by atoms with Gasteiger partial charge in [0.05, 0.1) is 0 Å². The van der Waals surface area contributed by atoms with Crippen molar-refractivity contribution >= 4 is 16.7 Å². The summed E-state index contributed by atoms with van der Waals surface area (Å²) in [5, 5.41) is 5.57. The van der Waals surface area contributed by atoms with E-state index in [0.29, 0.717) is 5.92 Å². The van der Waals surface area contributed by atoms with Gasteiger partial charge in [-0.25, -0.2) is 0 Å². The molecule has 26 heavy (non-hydrogen) atoms. The number of hydrogen-bond acceptors (Lipinski definition) is 2. The highest BCUT2D eigenvalue weighted by Gasteiger charge is 2.61. The average Bonchev–Trinajstić information content (AvgIpc) is 2.96. The van der Waals surface area contributed by atoms with Crippen molar-refractivity contribution in [2.45, 2.75) is 52.2 Å². The van der Waals surface area contributed by atoms with Crippen LogP contribution in [0.2, 0.25) is 0 Å². The first kappa shape index (κ1) is 17.5. The van der Waals surface area contributed by atoms with Gasteiger partial charge < -0.3 is 10.1 Å². The molecule has 0 spiro atoms. The van der Waals surface area contributed by atoms with E-state index in [1.165, 1.54) is 12.8 Å². The van der Waals surface area contributed by atoms with Crippen molar-refractivity contribution in [1.82, 2.24) is 5.32 Å². The van der Waals surface area contributed by atoms with Crippen molar-refractivity contribution in [1.29, 1.82) is 0 Å². The summed E-state index contributed by atoms with van der Waals surface area (Å²) in [6.45, 7) is 7.09. The molecule has 0 radical (unpaired) electrons. The average molecular weight is 351 g/mol. The quantitative estimate of drug-likeness (QED) is 0.854.